The van der Waals surface area contributed by atoms with Crippen molar-refractivity contribution < 1.29 is 42.1 Å². The summed E-state index contributed by atoms with van der Waals surface area (Å²) in [5.41, 5.74) is -3.57. The van der Waals surface area contributed by atoms with Crippen LogP contribution in [0, 0.1) is 17.8 Å². The van der Waals surface area contributed by atoms with Gasteiger partial charge in [-0.3, -0.25) is 14.4 Å². The van der Waals surface area contributed by atoms with Crippen LogP contribution in [0.25, 0.3) is 0 Å². The lowest BCUT2D eigenvalue weighted by atomic mass is 9.63. The summed E-state index contributed by atoms with van der Waals surface area (Å²) in [6.45, 7) is 2.30. The fourth-order valence-electron chi connectivity index (χ4n) is 2.80. The molecule has 9 heteroatoms. The number of Topliss-reactive ketones (excluding diaryl/α,β-unsaturated/α-hetero) is 1. The van der Waals surface area contributed by atoms with E-state index in [-0.39, 0.29) is 6.61 Å². The molecule has 1 fully saturated rings. The summed E-state index contributed by atoms with van der Waals surface area (Å²) in [5, 5.41) is 9.98. The molecule has 0 radical (unpaired) electrons. The Hall–Kier alpha value is -1.64. The van der Waals surface area contributed by atoms with Crippen LogP contribution in [0.15, 0.2) is 0 Å². The summed E-state index contributed by atoms with van der Waals surface area (Å²) >= 11 is 0. The normalized spacial score (nSPS) is 32.5. The number of esters is 2. The molecule has 0 aromatic carbocycles. The van der Waals surface area contributed by atoms with E-state index in [0.29, 0.717) is 0 Å². The quantitative estimate of drug-likeness (QED) is 0.611. The first-order valence-corrected chi connectivity index (χ1v) is 6.57. The minimum Gasteiger partial charge on any atom is -0.468 e. The van der Waals surface area contributed by atoms with Crippen LogP contribution in [0.4, 0.5) is 13.2 Å². The fourth-order valence-corrected chi connectivity index (χ4v) is 2.80. The van der Waals surface area contributed by atoms with Crippen LogP contribution in [0.2, 0.25) is 0 Å². The van der Waals surface area contributed by atoms with E-state index in [1.54, 1.807) is 0 Å². The lowest BCUT2D eigenvalue weighted by Crippen LogP contribution is -2.63. The summed E-state index contributed by atoms with van der Waals surface area (Å²) in [5.74, 6) is -8.54. The zero-order valence-electron chi connectivity index (χ0n) is 12.3. The third-order valence-corrected chi connectivity index (χ3v) is 3.84. The number of hydrogen-bond donors (Lipinski definition) is 1. The predicted molar refractivity (Wildman–Crippen MR) is 65.4 cm³/mol. The van der Waals surface area contributed by atoms with Crippen molar-refractivity contribution in [2.75, 3.05) is 13.7 Å². The Morgan fingerprint density at radius 1 is 1.36 bits per heavy atom. The van der Waals surface area contributed by atoms with Crippen molar-refractivity contribution in [3.05, 3.63) is 0 Å². The van der Waals surface area contributed by atoms with Gasteiger partial charge in [-0.15, -0.1) is 0 Å². The molecule has 0 heterocycles. The summed E-state index contributed by atoms with van der Waals surface area (Å²) in [6.07, 6.45) is -6.63. The molecule has 0 aromatic rings. The Morgan fingerprint density at radius 2 is 1.91 bits per heavy atom. The molecular formula is C13H17F3O6. The Morgan fingerprint density at radius 3 is 2.32 bits per heavy atom. The number of rotatable bonds is 3. The Labute approximate surface area is 124 Å². The van der Waals surface area contributed by atoms with Crippen LogP contribution in [-0.4, -0.2) is 48.3 Å². The van der Waals surface area contributed by atoms with Gasteiger partial charge < -0.3 is 14.6 Å². The molecule has 1 aliphatic rings. The third-order valence-electron chi connectivity index (χ3n) is 3.84. The monoisotopic (exact) mass is 326 g/mol. The maximum Gasteiger partial charge on any atom is 0.418 e. The maximum atomic E-state index is 13.2. The van der Waals surface area contributed by atoms with Gasteiger partial charge in [0.05, 0.1) is 19.6 Å². The second-order valence-corrected chi connectivity index (χ2v) is 5.15. The minimum atomic E-state index is -5.23. The standard InChI is InChI=1S/C13H17F3O6/c1-4-22-11(19)9-6(2)8(10(18)21-3)7(17)5-12(9,20)13(14,15)16/h6,8-9,20H,4-5H2,1-3H3. The summed E-state index contributed by atoms with van der Waals surface area (Å²) in [6, 6.07) is 0. The topological polar surface area (TPSA) is 89.9 Å². The maximum absolute atomic E-state index is 13.2. The number of carbonyl (C=O) groups excluding carboxylic acids is 3. The molecule has 0 amide bonds. The van der Waals surface area contributed by atoms with E-state index in [1.165, 1.54) is 6.92 Å². The fraction of sp³-hybridized carbons (Fsp3) is 0.769. The Kier molecular flexibility index (Phi) is 5.21. The molecular weight excluding hydrogens is 309 g/mol. The number of alkyl halides is 3. The second kappa shape index (κ2) is 6.23. The molecule has 1 saturated carbocycles. The van der Waals surface area contributed by atoms with Crippen molar-refractivity contribution in [1.82, 2.24) is 0 Å². The van der Waals surface area contributed by atoms with Crippen LogP contribution in [-0.2, 0) is 23.9 Å². The zero-order chi connectivity index (χ0) is 17.3. The highest BCUT2D eigenvalue weighted by molar-refractivity contribution is 6.01. The predicted octanol–water partition coefficient (Wildman–Crippen LogP) is 0.857. The van der Waals surface area contributed by atoms with Crippen molar-refractivity contribution in [3.8, 4) is 0 Å². The Bertz CT molecular complexity index is 475. The van der Waals surface area contributed by atoms with Gasteiger partial charge in [-0.25, -0.2) is 0 Å². The molecule has 0 bridgehead atoms. The number of carbonyl (C=O) groups is 3. The Balaban J connectivity index is 3.35. The van der Waals surface area contributed by atoms with Gasteiger partial charge in [-0.05, 0) is 12.8 Å². The highest BCUT2D eigenvalue weighted by Gasteiger charge is 2.68. The molecule has 0 aliphatic heterocycles. The molecule has 1 rings (SSSR count). The van der Waals surface area contributed by atoms with E-state index in [0.717, 1.165) is 14.0 Å². The van der Waals surface area contributed by atoms with Crippen LogP contribution in [0.1, 0.15) is 20.3 Å². The molecule has 1 aliphatic carbocycles. The number of methoxy groups -OCH3 is 1. The SMILES string of the molecule is CCOC(=O)C1C(C)C(C(=O)OC)C(=O)CC1(O)C(F)(F)F. The molecule has 4 atom stereocenters. The third kappa shape index (κ3) is 2.94. The van der Waals surface area contributed by atoms with Crippen molar-refractivity contribution in [2.45, 2.75) is 32.0 Å². The number of ketones is 1. The average molecular weight is 326 g/mol. The van der Waals surface area contributed by atoms with Gasteiger partial charge in [0.25, 0.3) is 0 Å². The number of halogens is 3. The summed E-state index contributed by atoms with van der Waals surface area (Å²) < 4.78 is 48.6. The highest BCUT2D eigenvalue weighted by Crippen LogP contribution is 2.48. The van der Waals surface area contributed by atoms with E-state index in [2.05, 4.69) is 9.47 Å². The molecule has 1 N–H and O–H groups in total. The van der Waals surface area contributed by atoms with E-state index < -0.39 is 53.7 Å². The van der Waals surface area contributed by atoms with Crippen molar-refractivity contribution in [1.29, 1.82) is 0 Å². The molecule has 0 saturated heterocycles. The molecule has 126 valence electrons. The molecule has 6 nitrogen and oxygen atoms in total. The van der Waals surface area contributed by atoms with Crippen LogP contribution >= 0.6 is 0 Å². The largest absolute Gasteiger partial charge is 0.468 e. The van der Waals surface area contributed by atoms with Gasteiger partial charge in [-0.1, -0.05) is 6.92 Å². The van der Waals surface area contributed by atoms with Crippen LogP contribution in [0.3, 0.4) is 0 Å². The summed E-state index contributed by atoms with van der Waals surface area (Å²) in [4.78, 5) is 35.4. The van der Waals surface area contributed by atoms with Gasteiger partial charge in [0.15, 0.2) is 11.4 Å². The van der Waals surface area contributed by atoms with Crippen LogP contribution < -0.4 is 0 Å². The molecule has 22 heavy (non-hydrogen) atoms. The lowest BCUT2D eigenvalue weighted by molar-refractivity contribution is -0.291. The van der Waals surface area contributed by atoms with Crippen LogP contribution in [0.5, 0.6) is 0 Å². The van der Waals surface area contributed by atoms with E-state index >= 15 is 0 Å². The van der Waals surface area contributed by atoms with Gasteiger partial charge in [0.1, 0.15) is 5.92 Å². The van der Waals surface area contributed by atoms with E-state index in [4.69, 9.17) is 0 Å². The lowest BCUT2D eigenvalue weighted by Gasteiger charge is -2.44. The van der Waals surface area contributed by atoms with E-state index in [9.17, 15) is 32.7 Å². The van der Waals surface area contributed by atoms with Crippen molar-refractivity contribution in [2.24, 2.45) is 17.8 Å². The van der Waals surface area contributed by atoms with Gasteiger partial charge in [0.2, 0.25) is 0 Å². The molecule has 0 spiro atoms. The van der Waals surface area contributed by atoms with Gasteiger partial charge >= 0.3 is 18.1 Å². The van der Waals surface area contributed by atoms with Crippen molar-refractivity contribution in [3.63, 3.8) is 0 Å². The minimum absolute atomic E-state index is 0.202. The first-order valence-electron chi connectivity index (χ1n) is 6.57. The van der Waals surface area contributed by atoms with E-state index in [1.807, 2.05) is 0 Å². The highest BCUT2D eigenvalue weighted by atomic mass is 19.4. The van der Waals surface area contributed by atoms with Gasteiger partial charge in [0, 0.05) is 6.42 Å². The second-order valence-electron chi connectivity index (χ2n) is 5.15. The zero-order valence-corrected chi connectivity index (χ0v) is 12.3. The number of aliphatic hydroxyl groups is 1. The average Bonchev–Trinajstić information content (AvgIpc) is 2.36. The number of ether oxygens (including phenoxy) is 2. The summed E-state index contributed by atoms with van der Waals surface area (Å²) in [7, 11) is 0.978. The van der Waals surface area contributed by atoms with Crippen molar-refractivity contribution >= 4 is 17.7 Å². The molecule has 0 aromatic heterocycles. The number of hydrogen-bond acceptors (Lipinski definition) is 6. The smallest absolute Gasteiger partial charge is 0.418 e. The first kappa shape index (κ1) is 18.4. The van der Waals surface area contributed by atoms with Gasteiger partial charge in [-0.2, -0.15) is 13.2 Å². The molecule has 4 unspecified atom stereocenters. The first-order chi connectivity index (χ1) is 10.0.